The lowest BCUT2D eigenvalue weighted by Crippen LogP contribution is -2.44. The molecule has 0 radical (unpaired) electrons. The highest BCUT2D eigenvalue weighted by atomic mass is 35.5. The predicted octanol–water partition coefficient (Wildman–Crippen LogP) is 1.19. The zero-order valence-corrected chi connectivity index (χ0v) is 15.1. The third kappa shape index (κ3) is 3.91. The van der Waals surface area contributed by atoms with Crippen LogP contribution >= 0.6 is 12.4 Å². The average Bonchev–Trinajstić information content (AvgIpc) is 3.07. The van der Waals surface area contributed by atoms with Crippen molar-refractivity contribution < 1.29 is 13.2 Å². The second kappa shape index (κ2) is 7.82. The van der Waals surface area contributed by atoms with E-state index >= 15 is 0 Å². The van der Waals surface area contributed by atoms with Crippen LogP contribution < -0.4 is 15.8 Å². The maximum Gasteiger partial charge on any atom is 0.251 e. The monoisotopic (exact) mass is 373 g/mol. The quantitative estimate of drug-likeness (QED) is 0.721. The standard InChI is InChI=1S/C16H23N3O3S.ClH/c17-10-15(12-3-1-2-4-12)19-23(21,22)13-6-5-11-7-8-18-16(20)14(11)9-13;/h5-6,9,12,15,19H,1-4,7-8,10,17H2,(H,18,20);1H. The highest BCUT2D eigenvalue weighted by molar-refractivity contribution is 7.89. The first-order chi connectivity index (χ1) is 11.0. The number of fused-ring (bicyclic) bond motifs is 1. The highest BCUT2D eigenvalue weighted by Crippen LogP contribution is 2.28. The van der Waals surface area contributed by atoms with Crippen LogP contribution in [0.3, 0.4) is 0 Å². The molecular weight excluding hydrogens is 350 g/mol. The van der Waals surface area contributed by atoms with E-state index in [9.17, 15) is 13.2 Å². The number of halogens is 1. The molecule has 0 aromatic heterocycles. The van der Waals surface area contributed by atoms with Crippen molar-refractivity contribution in [2.24, 2.45) is 11.7 Å². The van der Waals surface area contributed by atoms with E-state index < -0.39 is 10.0 Å². The van der Waals surface area contributed by atoms with Gasteiger partial charge in [-0.25, -0.2) is 13.1 Å². The molecule has 0 bridgehead atoms. The Balaban J connectivity index is 0.00000208. The smallest absolute Gasteiger partial charge is 0.251 e. The van der Waals surface area contributed by atoms with E-state index in [1.54, 1.807) is 12.1 Å². The lowest BCUT2D eigenvalue weighted by atomic mass is 9.99. The molecule has 1 amide bonds. The topological polar surface area (TPSA) is 101 Å². The molecule has 1 unspecified atom stereocenters. The van der Waals surface area contributed by atoms with Gasteiger partial charge in [-0.1, -0.05) is 18.9 Å². The summed E-state index contributed by atoms with van der Waals surface area (Å²) in [5.41, 5.74) is 7.12. The number of hydrogen-bond acceptors (Lipinski definition) is 4. The largest absolute Gasteiger partial charge is 0.352 e. The van der Waals surface area contributed by atoms with E-state index in [-0.39, 0.29) is 35.8 Å². The van der Waals surface area contributed by atoms with Crippen molar-refractivity contribution in [2.75, 3.05) is 13.1 Å². The van der Waals surface area contributed by atoms with E-state index in [0.717, 1.165) is 37.7 Å². The number of amides is 1. The average molecular weight is 374 g/mol. The number of nitrogens with one attached hydrogen (secondary N) is 2. The van der Waals surface area contributed by atoms with Crippen LogP contribution in [0.15, 0.2) is 23.1 Å². The van der Waals surface area contributed by atoms with E-state index in [1.807, 2.05) is 0 Å². The van der Waals surface area contributed by atoms with Crippen LogP contribution in [0.5, 0.6) is 0 Å². The number of rotatable bonds is 5. The lowest BCUT2D eigenvalue weighted by molar-refractivity contribution is 0.0945. The molecule has 1 atom stereocenters. The van der Waals surface area contributed by atoms with Gasteiger partial charge in [0.15, 0.2) is 0 Å². The molecule has 0 spiro atoms. The summed E-state index contributed by atoms with van der Waals surface area (Å²) < 4.78 is 28.0. The van der Waals surface area contributed by atoms with Gasteiger partial charge in [0.2, 0.25) is 10.0 Å². The molecular formula is C16H24ClN3O3S. The van der Waals surface area contributed by atoms with Crippen LogP contribution in [-0.2, 0) is 16.4 Å². The zero-order valence-electron chi connectivity index (χ0n) is 13.5. The maximum atomic E-state index is 12.7. The Hall–Kier alpha value is -1.15. The van der Waals surface area contributed by atoms with Gasteiger partial charge in [0.25, 0.3) is 5.91 Å². The Labute approximate surface area is 149 Å². The summed E-state index contributed by atoms with van der Waals surface area (Å²) in [5, 5.41) is 2.74. The lowest BCUT2D eigenvalue weighted by Gasteiger charge is -2.23. The number of benzene rings is 1. The number of sulfonamides is 1. The van der Waals surface area contributed by atoms with Gasteiger partial charge < -0.3 is 11.1 Å². The molecule has 1 aliphatic carbocycles. The van der Waals surface area contributed by atoms with E-state index in [4.69, 9.17) is 5.73 Å². The summed E-state index contributed by atoms with van der Waals surface area (Å²) in [6.45, 7) is 0.877. The van der Waals surface area contributed by atoms with Gasteiger partial charge in [0, 0.05) is 24.7 Å². The van der Waals surface area contributed by atoms with Crippen molar-refractivity contribution >= 4 is 28.3 Å². The molecule has 1 saturated carbocycles. The minimum Gasteiger partial charge on any atom is -0.352 e. The number of carbonyl (C=O) groups excluding carboxylic acids is 1. The minimum absolute atomic E-state index is 0. The summed E-state index contributed by atoms with van der Waals surface area (Å²) >= 11 is 0. The summed E-state index contributed by atoms with van der Waals surface area (Å²) in [4.78, 5) is 12.0. The van der Waals surface area contributed by atoms with Gasteiger partial charge in [-0.05, 0) is 42.9 Å². The molecule has 2 aliphatic rings. The molecule has 1 fully saturated rings. The molecule has 1 heterocycles. The molecule has 6 nitrogen and oxygen atoms in total. The summed E-state index contributed by atoms with van der Waals surface area (Å²) in [7, 11) is -3.68. The molecule has 1 aromatic carbocycles. The molecule has 134 valence electrons. The summed E-state index contributed by atoms with van der Waals surface area (Å²) in [5.74, 6) is 0.0881. The molecule has 1 aliphatic heterocycles. The fourth-order valence-electron chi connectivity index (χ4n) is 3.52. The normalized spacial score (nSPS) is 19.3. The Morgan fingerprint density at radius 2 is 2.00 bits per heavy atom. The Bertz CT molecular complexity index is 703. The van der Waals surface area contributed by atoms with Crippen molar-refractivity contribution in [1.29, 1.82) is 0 Å². The Morgan fingerprint density at radius 1 is 1.29 bits per heavy atom. The number of carbonyl (C=O) groups is 1. The van der Waals surface area contributed by atoms with Crippen molar-refractivity contribution in [3.05, 3.63) is 29.3 Å². The van der Waals surface area contributed by atoms with Gasteiger partial charge in [0.05, 0.1) is 4.90 Å². The van der Waals surface area contributed by atoms with Crippen molar-refractivity contribution in [3.8, 4) is 0 Å². The third-order valence-corrected chi connectivity index (χ3v) is 6.33. The van der Waals surface area contributed by atoms with Crippen LogP contribution in [0.1, 0.15) is 41.6 Å². The third-order valence-electron chi connectivity index (χ3n) is 4.85. The SMILES string of the molecule is Cl.NCC(NS(=O)(=O)c1ccc2c(c1)C(=O)NCC2)C1CCCC1. The van der Waals surface area contributed by atoms with Gasteiger partial charge in [-0.3, -0.25) is 4.79 Å². The van der Waals surface area contributed by atoms with Crippen molar-refractivity contribution in [1.82, 2.24) is 10.0 Å². The second-order valence-electron chi connectivity index (χ2n) is 6.33. The van der Waals surface area contributed by atoms with Crippen molar-refractivity contribution in [3.63, 3.8) is 0 Å². The molecule has 1 aromatic rings. The first kappa shape index (κ1) is 19.2. The second-order valence-corrected chi connectivity index (χ2v) is 8.05. The van der Waals surface area contributed by atoms with E-state index in [0.29, 0.717) is 18.0 Å². The van der Waals surface area contributed by atoms with Gasteiger partial charge in [0.1, 0.15) is 0 Å². The van der Waals surface area contributed by atoms with E-state index in [2.05, 4.69) is 10.0 Å². The first-order valence-corrected chi connectivity index (χ1v) is 9.63. The van der Waals surface area contributed by atoms with E-state index in [1.165, 1.54) is 6.07 Å². The Kier molecular flexibility index (Phi) is 6.25. The molecule has 4 N–H and O–H groups in total. The van der Waals surface area contributed by atoms with Gasteiger partial charge in [-0.2, -0.15) is 0 Å². The fourth-order valence-corrected chi connectivity index (χ4v) is 4.87. The minimum atomic E-state index is -3.68. The molecule has 3 rings (SSSR count). The number of hydrogen-bond donors (Lipinski definition) is 3. The maximum absolute atomic E-state index is 12.7. The molecule has 0 saturated heterocycles. The predicted molar refractivity (Wildman–Crippen MR) is 94.8 cm³/mol. The van der Waals surface area contributed by atoms with Crippen LogP contribution in [0, 0.1) is 5.92 Å². The van der Waals surface area contributed by atoms with Gasteiger partial charge in [-0.15, -0.1) is 12.4 Å². The first-order valence-electron chi connectivity index (χ1n) is 8.15. The zero-order chi connectivity index (χ0) is 16.4. The molecule has 8 heteroatoms. The molecule has 24 heavy (non-hydrogen) atoms. The van der Waals surface area contributed by atoms with Crippen LogP contribution in [-0.4, -0.2) is 33.5 Å². The van der Waals surface area contributed by atoms with Crippen LogP contribution in [0.4, 0.5) is 0 Å². The van der Waals surface area contributed by atoms with Crippen LogP contribution in [0.2, 0.25) is 0 Å². The van der Waals surface area contributed by atoms with Crippen LogP contribution in [0.25, 0.3) is 0 Å². The van der Waals surface area contributed by atoms with Crippen molar-refractivity contribution in [2.45, 2.75) is 43.0 Å². The fraction of sp³-hybridized carbons (Fsp3) is 0.562. The summed E-state index contributed by atoms with van der Waals surface area (Å²) in [6, 6.07) is 4.53. The number of nitrogens with two attached hydrogens (primary N) is 1. The van der Waals surface area contributed by atoms with Gasteiger partial charge >= 0.3 is 0 Å². The Morgan fingerprint density at radius 3 is 2.67 bits per heavy atom. The summed E-state index contributed by atoms with van der Waals surface area (Å²) in [6.07, 6.45) is 5.00. The highest BCUT2D eigenvalue weighted by Gasteiger charge is 2.29.